The summed E-state index contributed by atoms with van der Waals surface area (Å²) in [6.07, 6.45) is 5.44. The second-order valence-electron chi connectivity index (χ2n) is 13.7. The fourth-order valence-corrected chi connectivity index (χ4v) is 8.30. The Morgan fingerprint density at radius 1 is 1.11 bits per heavy atom. The minimum atomic E-state index is -3.00. The molecule has 0 amide bonds. The Morgan fingerprint density at radius 2 is 1.89 bits per heavy atom. The summed E-state index contributed by atoms with van der Waals surface area (Å²) in [7, 11) is 0.705. The summed E-state index contributed by atoms with van der Waals surface area (Å²) in [5, 5.41) is 8.55. The molecule has 2 atom stereocenters. The van der Waals surface area contributed by atoms with Crippen LogP contribution in [0.3, 0.4) is 0 Å². The third-order valence-corrected chi connectivity index (χ3v) is 11.9. The number of alkyl halides is 2. The predicted molar refractivity (Wildman–Crippen MR) is 175 cm³/mol. The molecule has 7 rings (SSSR count). The van der Waals surface area contributed by atoms with E-state index in [0.717, 1.165) is 41.7 Å². The predicted octanol–water partition coefficient (Wildman–Crippen LogP) is 7.45. The van der Waals surface area contributed by atoms with Crippen LogP contribution in [0.4, 0.5) is 13.2 Å². The molecule has 5 aromatic rings. The second-order valence-corrected chi connectivity index (χ2v) is 15.9. The monoisotopic (exact) mass is 662 g/mol. The first-order valence-electron chi connectivity index (χ1n) is 15.9. The summed E-state index contributed by atoms with van der Waals surface area (Å²) < 4.78 is 64.9. The summed E-state index contributed by atoms with van der Waals surface area (Å²) in [6.45, 7) is 4.65. The molecule has 4 heterocycles. The summed E-state index contributed by atoms with van der Waals surface area (Å²) >= 11 is 0. The Kier molecular flexibility index (Phi) is 7.76. The lowest BCUT2D eigenvalue weighted by Gasteiger charge is -2.42. The van der Waals surface area contributed by atoms with E-state index in [4.69, 9.17) is 9.72 Å². The number of rotatable bonds is 8. The molecule has 0 spiro atoms. The lowest BCUT2D eigenvalue weighted by atomic mass is 9.67. The van der Waals surface area contributed by atoms with Gasteiger partial charge in [0.05, 0.1) is 22.8 Å². The van der Waals surface area contributed by atoms with E-state index in [9.17, 15) is 13.0 Å². The third kappa shape index (κ3) is 5.44. The van der Waals surface area contributed by atoms with Gasteiger partial charge in [-0.3, -0.25) is 9.19 Å². The van der Waals surface area contributed by atoms with Gasteiger partial charge in [0.1, 0.15) is 23.2 Å². The van der Waals surface area contributed by atoms with Crippen LogP contribution < -0.4 is 4.74 Å². The number of benzene rings is 2. The Labute approximate surface area is 273 Å². The number of aryl methyl sites for hydroxylation is 2. The van der Waals surface area contributed by atoms with E-state index >= 15 is 4.39 Å². The van der Waals surface area contributed by atoms with Crippen LogP contribution in [0.25, 0.3) is 33.5 Å². The number of nitrogens with zero attached hydrogens (tertiary/aromatic N) is 6. The molecule has 8 nitrogen and oxygen atoms in total. The van der Waals surface area contributed by atoms with Gasteiger partial charge in [0.25, 0.3) is 0 Å². The summed E-state index contributed by atoms with van der Waals surface area (Å²) in [4.78, 5) is 9.52. The summed E-state index contributed by atoms with van der Waals surface area (Å²) in [6, 6.07) is 12.0. The molecule has 1 saturated carbocycles. The van der Waals surface area contributed by atoms with Crippen molar-refractivity contribution in [3.63, 3.8) is 0 Å². The quantitative estimate of drug-likeness (QED) is 0.172. The Balaban J connectivity index is 1.30. The van der Waals surface area contributed by atoms with Crippen molar-refractivity contribution in [3.05, 3.63) is 77.4 Å². The highest BCUT2D eigenvalue weighted by Gasteiger charge is 2.45. The van der Waals surface area contributed by atoms with E-state index in [1.165, 1.54) is 6.07 Å². The molecule has 0 N–H and O–H groups in total. The highest BCUT2D eigenvalue weighted by Crippen LogP contribution is 2.47. The van der Waals surface area contributed by atoms with Crippen molar-refractivity contribution in [1.82, 2.24) is 29.3 Å². The number of fused-ring (bicyclic) bond motifs is 3. The summed E-state index contributed by atoms with van der Waals surface area (Å²) in [5.74, 6) is 2.13. The topological polar surface area (TPSA) is 87.7 Å². The molecular formula is C35H37F3N6O2S. The first-order chi connectivity index (χ1) is 22.4. The van der Waals surface area contributed by atoms with E-state index in [2.05, 4.69) is 19.7 Å². The third-order valence-electron chi connectivity index (χ3n) is 9.74. The fraction of sp³-hybridized carbons (Fsp3) is 0.429. The Hall–Kier alpha value is -4.06. The van der Waals surface area contributed by atoms with Gasteiger partial charge in [-0.2, -0.15) is 8.78 Å². The van der Waals surface area contributed by atoms with Crippen LogP contribution in [0.15, 0.2) is 48.7 Å². The maximum Gasteiger partial charge on any atom is 0.387 e. The highest BCUT2D eigenvalue weighted by molar-refractivity contribution is 7.86. The fourth-order valence-electron chi connectivity index (χ4n) is 6.94. The second kappa shape index (κ2) is 11.6. The number of aromatic nitrogens is 6. The maximum absolute atomic E-state index is 15.9. The molecule has 1 aliphatic carbocycles. The van der Waals surface area contributed by atoms with E-state index in [0.29, 0.717) is 52.6 Å². The zero-order valence-corrected chi connectivity index (χ0v) is 27.9. The van der Waals surface area contributed by atoms with Crippen molar-refractivity contribution in [2.45, 2.75) is 82.6 Å². The zero-order chi connectivity index (χ0) is 33.2. The normalized spacial score (nSPS) is 18.0. The Morgan fingerprint density at radius 3 is 2.53 bits per heavy atom. The highest BCUT2D eigenvalue weighted by atomic mass is 32.2. The zero-order valence-electron chi connectivity index (χ0n) is 27.1. The largest absolute Gasteiger partial charge is 0.434 e. The minimum absolute atomic E-state index is 0.0770. The number of hydrogen-bond acceptors (Lipinski definition) is 6. The van der Waals surface area contributed by atoms with Crippen molar-refractivity contribution in [3.8, 4) is 28.3 Å². The van der Waals surface area contributed by atoms with Crippen LogP contribution in [0.1, 0.15) is 75.4 Å². The van der Waals surface area contributed by atoms with Gasteiger partial charge in [0.15, 0.2) is 5.82 Å². The molecule has 0 unspecified atom stereocenters. The maximum atomic E-state index is 15.9. The molecule has 2 aromatic carbocycles. The van der Waals surface area contributed by atoms with Gasteiger partial charge >= 0.3 is 6.61 Å². The van der Waals surface area contributed by atoms with Crippen molar-refractivity contribution in [2.75, 3.05) is 5.75 Å². The van der Waals surface area contributed by atoms with Gasteiger partial charge in [-0.15, -0.1) is 10.2 Å². The number of pyridine rings is 1. The first kappa shape index (κ1) is 31.5. The number of halogens is 3. The van der Waals surface area contributed by atoms with Crippen LogP contribution in [-0.2, 0) is 29.7 Å². The SMILES string of the molecule is Cc1nnc(-c2cccc(OC(F)F)c2[C@H]2CCc3nc4ccc(-c5cnc(C6(C[S@](=O)C(C)(C)C)CCC6)c(F)c5)cc4n32)n1C. The standard InChI is InChI=1S/C35H37F3N6O2S/c1-20-41-42-32(43(20)5)23-8-6-9-28(46-33(37)38)30(23)26-12-13-29-40-25-11-10-21(17-27(25)44(26)29)22-16-24(36)31(39-18-22)35(14-7-15-35)19-47(45)34(2,3)4/h6,8-11,16-18,26,33H,7,12-15,19H2,1-5H3/t26-,47+/m1/s1. The van der Waals surface area contributed by atoms with Crippen molar-refractivity contribution >= 4 is 21.8 Å². The lowest BCUT2D eigenvalue weighted by Crippen LogP contribution is -2.44. The van der Waals surface area contributed by atoms with Crippen molar-refractivity contribution < 1.29 is 22.1 Å². The smallest absolute Gasteiger partial charge is 0.387 e. The molecule has 1 aliphatic heterocycles. The Bertz CT molecular complexity index is 2030. The van der Waals surface area contributed by atoms with Crippen LogP contribution >= 0.6 is 0 Å². The molecule has 1 fully saturated rings. The van der Waals surface area contributed by atoms with Crippen LogP contribution in [-0.4, -0.2) is 50.6 Å². The number of hydrogen-bond donors (Lipinski definition) is 0. The summed E-state index contributed by atoms with van der Waals surface area (Å²) in [5.41, 5.74) is 4.03. The van der Waals surface area contributed by atoms with E-state index in [-0.39, 0.29) is 11.8 Å². The minimum Gasteiger partial charge on any atom is -0.434 e. The van der Waals surface area contributed by atoms with E-state index in [1.807, 2.05) is 63.6 Å². The van der Waals surface area contributed by atoms with Gasteiger partial charge in [-0.1, -0.05) is 24.6 Å². The van der Waals surface area contributed by atoms with Crippen molar-refractivity contribution in [1.29, 1.82) is 0 Å². The van der Waals surface area contributed by atoms with Gasteiger partial charge in [-0.25, -0.2) is 9.37 Å². The van der Waals surface area contributed by atoms with Gasteiger partial charge in [0.2, 0.25) is 0 Å². The van der Waals surface area contributed by atoms with Gasteiger partial charge < -0.3 is 13.9 Å². The van der Waals surface area contributed by atoms with Crippen LogP contribution in [0.2, 0.25) is 0 Å². The number of imidazole rings is 1. The van der Waals surface area contributed by atoms with E-state index < -0.39 is 33.4 Å². The molecule has 2 aliphatic rings. The molecule has 47 heavy (non-hydrogen) atoms. The number of ether oxygens (including phenoxy) is 1. The molecule has 246 valence electrons. The average Bonchev–Trinajstić information content (AvgIpc) is 3.67. The van der Waals surface area contributed by atoms with Crippen LogP contribution in [0.5, 0.6) is 5.75 Å². The van der Waals surface area contributed by atoms with Crippen LogP contribution in [0, 0.1) is 12.7 Å². The average molecular weight is 663 g/mol. The molecular weight excluding hydrogens is 625 g/mol. The van der Waals surface area contributed by atoms with E-state index in [1.54, 1.807) is 18.3 Å². The molecule has 0 bridgehead atoms. The molecule has 0 radical (unpaired) electrons. The molecule has 3 aromatic heterocycles. The van der Waals surface area contributed by atoms with Crippen molar-refractivity contribution in [2.24, 2.45) is 7.05 Å². The first-order valence-corrected chi connectivity index (χ1v) is 17.2. The molecule has 0 saturated heterocycles. The lowest BCUT2D eigenvalue weighted by molar-refractivity contribution is -0.0506. The van der Waals surface area contributed by atoms with Gasteiger partial charge in [-0.05, 0) is 76.8 Å². The van der Waals surface area contributed by atoms with Gasteiger partial charge in [0, 0.05) is 63.1 Å². The molecule has 12 heteroatoms.